The lowest BCUT2D eigenvalue weighted by atomic mass is 10.1. The smallest absolute Gasteiger partial charge is 0.331 e. The molecule has 1 aliphatic heterocycles. The lowest BCUT2D eigenvalue weighted by Crippen LogP contribution is -2.19. The summed E-state index contributed by atoms with van der Waals surface area (Å²) in [6.07, 6.45) is 2.46. The second-order valence-electron chi connectivity index (χ2n) is 4.18. The van der Waals surface area contributed by atoms with Crippen molar-refractivity contribution < 1.29 is 18.7 Å². The normalized spacial score (nSPS) is 18.0. The molecule has 1 N–H and O–H groups in total. The number of carbonyl (C=O) groups is 2. The third kappa shape index (κ3) is 4.49. The van der Waals surface area contributed by atoms with Crippen LogP contribution in [0.15, 0.2) is 39.4 Å². The number of carbonyl (C=O) groups excluding carboxylic acids is 2. The van der Waals surface area contributed by atoms with Crippen LogP contribution in [-0.4, -0.2) is 30.4 Å². The van der Waals surface area contributed by atoms with Crippen molar-refractivity contribution in [1.29, 1.82) is 0 Å². The van der Waals surface area contributed by atoms with Crippen LogP contribution in [0.3, 0.4) is 0 Å². The Bertz CT molecular complexity index is 734. The predicted molar refractivity (Wildman–Crippen MR) is 89.9 cm³/mol. The Labute approximate surface area is 144 Å². The number of nitrogens with zero attached hydrogens (tertiary/aromatic N) is 2. The quantitative estimate of drug-likeness (QED) is 0.277. The van der Waals surface area contributed by atoms with Crippen LogP contribution in [-0.2, 0) is 19.7 Å². The number of ether oxygens (including phenoxy) is 1. The van der Waals surface area contributed by atoms with Gasteiger partial charge < -0.3 is 4.74 Å². The van der Waals surface area contributed by atoms with Gasteiger partial charge in [0, 0.05) is 22.5 Å². The summed E-state index contributed by atoms with van der Waals surface area (Å²) in [5.41, 5.74) is 1.04. The van der Waals surface area contributed by atoms with Crippen LogP contribution in [0, 0.1) is 5.82 Å². The van der Waals surface area contributed by atoms with E-state index in [9.17, 15) is 14.0 Å². The summed E-state index contributed by atoms with van der Waals surface area (Å²) in [7, 11) is 1.22. The molecule has 1 aromatic rings. The molecule has 6 nitrogen and oxygen atoms in total. The fourth-order valence-electron chi connectivity index (χ4n) is 1.62. The first-order chi connectivity index (χ1) is 11.0. The van der Waals surface area contributed by atoms with Gasteiger partial charge in [-0.3, -0.25) is 10.1 Å². The summed E-state index contributed by atoms with van der Waals surface area (Å²) in [5, 5.41) is 10.7. The van der Waals surface area contributed by atoms with Crippen molar-refractivity contribution in [2.24, 2.45) is 10.2 Å². The first kappa shape index (κ1) is 17.4. The van der Waals surface area contributed by atoms with Crippen LogP contribution in [0.2, 0.25) is 0 Å². The summed E-state index contributed by atoms with van der Waals surface area (Å²) in [6, 6.07) is 4.63. The molecule has 1 aromatic carbocycles. The Morgan fingerprint density at radius 2 is 2.30 bits per heavy atom. The summed E-state index contributed by atoms with van der Waals surface area (Å²) in [6.45, 7) is 0. The van der Waals surface area contributed by atoms with Crippen LogP contribution in [0.4, 0.5) is 4.39 Å². The standard InChI is InChI=1S/C14H11BrFN3O3S/c1-22-12(20)5-11-13(21)18-14(23-11)19-17-7-8-3-2-4-10(16)9(8)6-15/h2-5,7H,6H2,1H3,(H,18,19,21)/b11-5+,17-7?. The number of nitrogens with one attached hydrogen (secondary N) is 1. The van der Waals surface area contributed by atoms with Crippen molar-refractivity contribution in [1.82, 2.24) is 5.32 Å². The molecular weight excluding hydrogens is 389 g/mol. The van der Waals surface area contributed by atoms with Crippen molar-refractivity contribution in [3.8, 4) is 0 Å². The number of amidine groups is 1. The van der Waals surface area contributed by atoms with Crippen molar-refractivity contribution in [3.63, 3.8) is 0 Å². The maximum atomic E-state index is 13.6. The van der Waals surface area contributed by atoms with Gasteiger partial charge in [0.1, 0.15) is 5.82 Å². The number of hydrogen-bond donors (Lipinski definition) is 1. The first-order valence-electron chi connectivity index (χ1n) is 6.28. The molecule has 1 amide bonds. The summed E-state index contributed by atoms with van der Waals surface area (Å²) in [4.78, 5) is 22.9. The zero-order valence-electron chi connectivity index (χ0n) is 11.9. The highest BCUT2D eigenvalue weighted by Gasteiger charge is 2.24. The maximum Gasteiger partial charge on any atom is 0.331 e. The van der Waals surface area contributed by atoms with Gasteiger partial charge in [0.15, 0.2) is 5.17 Å². The second-order valence-corrected chi connectivity index (χ2v) is 5.77. The summed E-state index contributed by atoms with van der Waals surface area (Å²) in [5.74, 6) is -1.43. The molecule has 120 valence electrons. The lowest BCUT2D eigenvalue weighted by molar-refractivity contribution is -0.135. The Balaban J connectivity index is 2.13. The molecule has 0 unspecified atom stereocenters. The highest BCUT2D eigenvalue weighted by molar-refractivity contribution is 9.08. The van der Waals surface area contributed by atoms with Gasteiger partial charge in [0.2, 0.25) is 0 Å². The van der Waals surface area contributed by atoms with Crippen molar-refractivity contribution in [2.75, 3.05) is 7.11 Å². The molecule has 2 rings (SSSR count). The van der Waals surface area contributed by atoms with E-state index in [0.717, 1.165) is 17.8 Å². The third-order valence-electron chi connectivity index (χ3n) is 2.74. The Kier molecular flexibility index (Phi) is 6.05. The van der Waals surface area contributed by atoms with Crippen molar-refractivity contribution in [3.05, 3.63) is 46.1 Å². The third-order valence-corrected chi connectivity index (χ3v) is 4.20. The van der Waals surface area contributed by atoms with E-state index in [1.807, 2.05) is 0 Å². The number of amides is 1. The molecule has 0 bridgehead atoms. The van der Waals surface area contributed by atoms with E-state index in [1.54, 1.807) is 12.1 Å². The SMILES string of the molecule is COC(=O)/C=C1/S/C(=N\N=Cc2cccc(F)c2CBr)NC1=O. The van der Waals surface area contributed by atoms with Gasteiger partial charge in [-0.1, -0.05) is 28.1 Å². The summed E-state index contributed by atoms with van der Waals surface area (Å²) < 4.78 is 18.0. The van der Waals surface area contributed by atoms with E-state index < -0.39 is 11.9 Å². The lowest BCUT2D eigenvalue weighted by Gasteiger charge is -2.02. The molecule has 1 aliphatic rings. The maximum absolute atomic E-state index is 13.6. The van der Waals surface area contributed by atoms with Crippen LogP contribution >= 0.6 is 27.7 Å². The number of esters is 1. The Morgan fingerprint density at radius 1 is 1.52 bits per heavy atom. The molecule has 9 heteroatoms. The number of rotatable bonds is 4. The Hall–Kier alpha value is -2.00. The van der Waals surface area contributed by atoms with E-state index in [4.69, 9.17) is 0 Å². The number of methoxy groups -OCH3 is 1. The molecule has 0 aromatic heterocycles. The molecular formula is C14H11BrFN3O3S. The number of thioether (sulfide) groups is 1. The molecule has 0 radical (unpaired) electrons. The summed E-state index contributed by atoms with van der Waals surface area (Å²) >= 11 is 4.18. The zero-order valence-corrected chi connectivity index (χ0v) is 14.3. The minimum Gasteiger partial charge on any atom is -0.466 e. The molecule has 1 saturated heterocycles. The topological polar surface area (TPSA) is 80.1 Å². The monoisotopic (exact) mass is 399 g/mol. The average Bonchev–Trinajstić information content (AvgIpc) is 2.87. The van der Waals surface area contributed by atoms with Crippen molar-refractivity contribution >= 4 is 51.0 Å². The van der Waals surface area contributed by atoms with Gasteiger partial charge in [-0.15, -0.1) is 5.10 Å². The minimum absolute atomic E-state index is 0.165. The van der Waals surface area contributed by atoms with Gasteiger partial charge in [-0.05, 0) is 17.8 Å². The largest absolute Gasteiger partial charge is 0.466 e. The van der Waals surface area contributed by atoms with Gasteiger partial charge in [-0.25, -0.2) is 9.18 Å². The number of benzene rings is 1. The first-order valence-corrected chi connectivity index (χ1v) is 8.22. The van der Waals surface area contributed by atoms with Gasteiger partial charge in [-0.2, -0.15) is 5.10 Å². The van der Waals surface area contributed by atoms with Crippen LogP contribution in [0.1, 0.15) is 11.1 Å². The van der Waals surface area contributed by atoms with E-state index in [1.165, 1.54) is 19.4 Å². The van der Waals surface area contributed by atoms with Crippen LogP contribution in [0.5, 0.6) is 0 Å². The number of alkyl halides is 1. The van der Waals surface area contributed by atoms with E-state index >= 15 is 0 Å². The zero-order chi connectivity index (χ0) is 16.8. The Morgan fingerprint density at radius 3 is 3.00 bits per heavy atom. The van der Waals surface area contributed by atoms with Crippen LogP contribution < -0.4 is 5.32 Å². The molecule has 23 heavy (non-hydrogen) atoms. The minimum atomic E-state index is -0.630. The highest BCUT2D eigenvalue weighted by atomic mass is 79.9. The molecule has 0 spiro atoms. The molecule has 0 atom stereocenters. The van der Waals surface area contributed by atoms with E-state index in [-0.39, 0.29) is 15.9 Å². The fraction of sp³-hybridized carbons (Fsp3) is 0.143. The number of halogens is 2. The molecule has 0 aliphatic carbocycles. The fourth-order valence-corrected chi connectivity index (χ4v) is 2.95. The average molecular weight is 400 g/mol. The van der Waals surface area contributed by atoms with E-state index in [2.05, 4.69) is 36.2 Å². The van der Waals surface area contributed by atoms with Crippen molar-refractivity contribution in [2.45, 2.75) is 5.33 Å². The number of hydrogen-bond acceptors (Lipinski definition) is 6. The van der Waals surface area contributed by atoms with Crippen LogP contribution in [0.25, 0.3) is 0 Å². The second kappa shape index (κ2) is 8.02. The highest BCUT2D eigenvalue weighted by Crippen LogP contribution is 2.23. The van der Waals surface area contributed by atoms with E-state index in [0.29, 0.717) is 16.5 Å². The van der Waals surface area contributed by atoms with Gasteiger partial charge >= 0.3 is 5.97 Å². The van der Waals surface area contributed by atoms with Gasteiger partial charge in [0.05, 0.1) is 18.2 Å². The van der Waals surface area contributed by atoms with Gasteiger partial charge in [0.25, 0.3) is 5.91 Å². The molecule has 1 fully saturated rings. The predicted octanol–water partition coefficient (Wildman–Crippen LogP) is 2.33. The molecule has 0 saturated carbocycles. The molecule has 1 heterocycles.